The van der Waals surface area contributed by atoms with Crippen LogP contribution in [-0.4, -0.2) is 20.5 Å². The van der Waals surface area contributed by atoms with Crippen LogP contribution in [0.25, 0.3) is 0 Å². The van der Waals surface area contributed by atoms with Crippen molar-refractivity contribution in [1.29, 1.82) is 0 Å². The summed E-state index contributed by atoms with van der Waals surface area (Å²) in [4.78, 5) is 12.3. The van der Waals surface area contributed by atoms with Gasteiger partial charge in [0.05, 0.1) is 0 Å². The van der Waals surface area contributed by atoms with Gasteiger partial charge < -0.3 is 16.5 Å². The minimum Gasteiger partial charge on any atom is -0.393 e. The van der Waals surface area contributed by atoms with Gasteiger partial charge in [0.15, 0.2) is 16.8 Å². The molecule has 0 spiro atoms. The molecule has 19 heavy (non-hydrogen) atoms. The number of hydrogen-bond acceptors (Lipinski definition) is 8. The molecule has 7 nitrogen and oxygen atoms in total. The Morgan fingerprint density at radius 1 is 1.16 bits per heavy atom. The first kappa shape index (κ1) is 13.5. The van der Waals surface area contributed by atoms with E-state index >= 15 is 0 Å². The van der Waals surface area contributed by atoms with Crippen LogP contribution in [0.1, 0.15) is 20.8 Å². The summed E-state index contributed by atoms with van der Waals surface area (Å²) in [5.41, 5.74) is 12.5. The van der Waals surface area contributed by atoms with Crippen molar-refractivity contribution in [2.45, 2.75) is 26.3 Å². The largest absolute Gasteiger partial charge is 0.393 e. The van der Waals surface area contributed by atoms with Crippen LogP contribution >= 0.6 is 11.3 Å². The van der Waals surface area contributed by atoms with Gasteiger partial charge in [-0.25, -0.2) is 20.4 Å². The van der Waals surface area contributed by atoms with Crippen molar-refractivity contribution in [2.75, 3.05) is 16.5 Å². The van der Waals surface area contributed by atoms with E-state index < -0.39 is 0 Å². The van der Waals surface area contributed by atoms with Crippen LogP contribution in [-0.2, 0) is 0 Å². The number of nitrogens with one attached hydrogen (secondary N) is 3. The smallest absolute Gasteiger partial charge is 0.188 e. The molecule has 0 aliphatic heterocycles. The SMILES string of the molecule is CC(C)(C)NNc1ncnc(Nc2nccs2)c1N. The first-order valence-electron chi connectivity index (χ1n) is 5.76. The molecule has 5 N–H and O–H groups in total. The summed E-state index contributed by atoms with van der Waals surface area (Å²) in [6, 6.07) is 0. The monoisotopic (exact) mass is 279 g/mol. The standard InChI is InChI=1S/C11H17N7S/c1-11(2,3)18-17-9-7(12)8(14-6-15-9)16-10-13-4-5-19-10/h4-6,18H,12H2,1-3H3,(H2,13,14,15,16,17). The Balaban J connectivity index is 2.13. The van der Waals surface area contributed by atoms with Gasteiger partial charge in [0.25, 0.3) is 0 Å². The lowest BCUT2D eigenvalue weighted by Crippen LogP contribution is -2.40. The van der Waals surface area contributed by atoms with E-state index in [0.717, 1.165) is 5.13 Å². The molecule has 0 aromatic carbocycles. The molecular weight excluding hydrogens is 262 g/mol. The maximum atomic E-state index is 6.02. The second-order valence-electron chi connectivity index (χ2n) is 4.95. The fourth-order valence-electron chi connectivity index (χ4n) is 1.23. The summed E-state index contributed by atoms with van der Waals surface area (Å²) < 4.78 is 0. The summed E-state index contributed by atoms with van der Waals surface area (Å²) in [7, 11) is 0. The molecule has 0 unspecified atom stereocenters. The highest BCUT2D eigenvalue weighted by Crippen LogP contribution is 2.26. The molecule has 0 bridgehead atoms. The van der Waals surface area contributed by atoms with Gasteiger partial charge in [0, 0.05) is 17.1 Å². The summed E-state index contributed by atoms with van der Waals surface area (Å²) in [6.45, 7) is 6.10. The van der Waals surface area contributed by atoms with Crippen molar-refractivity contribution in [1.82, 2.24) is 20.4 Å². The summed E-state index contributed by atoms with van der Waals surface area (Å²) >= 11 is 1.48. The third kappa shape index (κ3) is 3.76. The number of thiazole rings is 1. The Morgan fingerprint density at radius 2 is 1.89 bits per heavy atom. The Morgan fingerprint density at radius 3 is 2.53 bits per heavy atom. The maximum Gasteiger partial charge on any atom is 0.188 e. The number of nitrogen functional groups attached to an aromatic ring is 1. The molecule has 2 rings (SSSR count). The van der Waals surface area contributed by atoms with Crippen LogP contribution in [0.3, 0.4) is 0 Å². The quantitative estimate of drug-likeness (QED) is 0.635. The van der Waals surface area contributed by atoms with Crippen LogP contribution in [0.15, 0.2) is 17.9 Å². The van der Waals surface area contributed by atoms with Crippen molar-refractivity contribution >= 4 is 33.8 Å². The van der Waals surface area contributed by atoms with E-state index in [-0.39, 0.29) is 5.54 Å². The minimum absolute atomic E-state index is 0.0969. The number of anilines is 4. The Kier molecular flexibility index (Phi) is 3.82. The fourth-order valence-corrected chi connectivity index (χ4v) is 1.76. The normalized spacial score (nSPS) is 11.3. The highest BCUT2D eigenvalue weighted by molar-refractivity contribution is 7.13. The number of nitrogens with two attached hydrogens (primary N) is 1. The zero-order valence-electron chi connectivity index (χ0n) is 11.1. The van der Waals surface area contributed by atoms with Crippen LogP contribution < -0.4 is 21.9 Å². The molecule has 0 saturated heterocycles. The van der Waals surface area contributed by atoms with E-state index in [0.29, 0.717) is 17.3 Å². The number of nitrogens with zero attached hydrogens (tertiary/aromatic N) is 3. The van der Waals surface area contributed by atoms with Crippen molar-refractivity contribution < 1.29 is 0 Å². The Bertz CT molecular complexity index is 532. The topological polar surface area (TPSA) is 101 Å². The van der Waals surface area contributed by atoms with Gasteiger partial charge in [-0.15, -0.1) is 11.3 Å². The van der Waals surface area contributed by atoms with Gasteiger partial charge in [-0.1, -0.05) is 0 Å². The highest BCUT2D eigenvalue weighted by Gasteiger charge is 2.12. The van der Waals surface area contributed by atoms with Gasteiger partial charge in [-0.2, -0.15) is 0 Å². The van der Waals surface area contributed by atoms with Gasteiger partial charge in [0.2, 0.25) is 0 Å². The van der Waals surface area contributed by atoms with E-state index in [4.69, 9.17) is 5.73 Å². The van der Waals surface area contributed by atoms with Gasteiger partial charge in [-0.3, -0.25) is 0 Å². The van der Waals surface area contributed by atoms with Crippen LogP contribution in [0.4, 0.5) is 22.5 Å². The molecular formula is C11H17N7S. The van der Waals surface area contributed by atoms with Gasteiger partial charge in [0.1, 0.15) is 12.0 Å². The first-order chi connectivity index (χ1) is 8.96. The maximum absolute atomic E-state index is 6.02. The molecule has 0 atom stereocenters. The Labute approximate surface area is 115 Å². The third-order valence-electron chi connectivity index (χ3n) is 2.10. The van der Waals surface area contributed by atoms with Gasteiger partial charge >= 0.3 is 0 Å². The van der Waals surface area contributed by atoms with E-state index in [1.54, 1.807) is 6.20 Å². The molecule has 2 aromatic heterocycles. The van der Waals surface area contributed by atoms with Gasteiger partial charge in [-0.05, 0) is 20.8 Å². The lowest BCUT2D eigenvalue weighted by molar-refractivity contribution is 0.464. The predicted octanol–water partition coefficient (Wildman–Crippen LogP) is 1.97. The lowest BCUT2D eigenvalue weighted by atomic mass is 10.1. The average molecular weight is 279 g/mol. The molecule has 0 amide bonds. The minimum atomic E-state index is -0.0969. The van der Waals surface area contributed by atoms with E-state index in [1.165, 1.54) is 17.7 Å². The summed E-state index contributed by atoms with van der Waals surface area (Å²) in [5, 5.41) is 5.66. The molecule has 0 radical (unpaired) electrons. The second kappa shape index (κ2) is 5.37. The van der Waals surface area contributed by atoms with Crippen molar-refractivity contribution in [3.63, 3.8) is 0 Å². The number of rotatable bonds is 4. The average Bonchev–Trinajstić information content (AvgIpc) is 2.82. The van der Waals surface area contributed by atoms with Crippen LogP contribution in [0.2, 0.25) is 0 Å². The molecule has 0 fully saturated rings. The van der Waals surface area contributed by atoms with E-state index in [2.05, 4.69) is 31.1 Å². The number of aromatic nitrogens is 3. The fraction of sp³-hybridized carbons (Fsp3) is 0.364. The summed E-state index contributed by atoms with van der Waals surface area (Å²) in [5.74, 6) is 1.06. The predicted molar refractivity (Wildman–Crippen MR) is 78.4 cm³/mol. The molecule has 0 aliphatic carbocycles. The van der Waals surface area contributed by atoms with E-state index in [1.807, 2.05) is 26.2 Å². The number of hydrazine groups is 1. The van der Waals surface area contributed by atoms with Crippen molar-refractivity contribution in [3.8, 4) is 0 Å². The zero-order valence-corrected chi connectivity index (χ0v) is 11.9. The van der Waals surface area contributed by atoms with E-state index in [9.17, 15) is 0 Å². The number of hydrogen-bond donors (Lipinski definition) is 4. The molecule has 2 heterocycles. The van der Waals surface area contributed by atoms with Crippen molar-refractivity contribution in [2.24, 2.45) is 0 Å². The lowest BCUT2D eigenvalue weighted by Gasteiger charge is -2.22. The van der Waals surface area contributed by atoms with Crippen LogP contribution in [0, 0.1) is 0 Å². The van der Waals surface area contributed by atoms with Crippen LogP contribution in [0.5, 0.6) is 0 Å². The zero-order chi connectivity index (χ0) is 13.9. The third-order valence-corrected chi connectivity index (χ3v) is 2.79. The second-order valence-corrected chi connectivity index (χ2v) is 5.84. The molecule has 0 aliphatic rings. The summed E-state index contributed by atoms with van der Waals surface area (Å²) in [6.07, 6.45) is 3.16. The molecule has 0 saturated carbocycles. The van der Waals surface area contributed by atoms with Crippen molar-refractivity contribution in [3.05, 3.63) is 17.9 Å². The Hall–Kier alpha value is -1.93. The molecule has 2 aromatic rings. The molecule has 102 valence electrons. The highest BCUT2D eigenvalue weighted by atomic mass is 32.1. The molecule has 8 heteroatoms. The first-order valence-corrected chi connectivity index (χ1v) is 6.64.